The van der Waals surface area contributed by atoms with Crippen molar-refractivity contribution in [1.29, 1.82) is 0 Å². The van der Waals surface area contributed by atoms with Crippen molar-refractivity contribution in [3.63, 3.8) is 0 Å². The van der Waals surface area contributed by atoms with Crippen LogP contribution in [0.1, 0.15) is 32.1 Å². The number of nitrogens with one attached hydrogen (secondary N) is 1. The Kier molecular flexibility index (Phi) is 4.82. The van der Waals surface area contributed by atoms with Crippen molar-refractivity contribution in [2.45, 2.75) is 37.0 Å². The van der Waals surface area contributed by atoms with E-state index < -0.39 is 10.0 Å². The van der Waals surface area contributed by atoms with Gasteiger partial charge in [0, 0.05) is 25.2 Å². The number of carbonyl (C=O) groups excluding carboxylic acids is 1. The maximum absolute atomic E-state index is 12.6. The molecule has 1 amide bonds. The molecule has 5 nitrogen and oxygen atoms in total. The van der Waals surface area contributed by atoms with E-state index in [0.29, 0.717) is 31.1 Å². The number of anilines is 1. The third kappa shape index (κ3) is 3.82. The summed E-state index contributed by atoms with van der Waals surface area (Å²) in [7, 11) is -3.45. The molecule has 1 aliphatic heterocycles. The van der Waals surface area contributed by atoms with Gasteiger partial charge in [-0.05, 0) is 49.8 Å². The van der Waals surface area contributed by atoms with Crippen molar-refractivity contribution in [2.75, 3.05) is 18.4 Å². The van der Waals surface area contributed by atoms with Crippen LogP contribution in [0.3, 0.4) is 0 Å². The highest BCUT2D eigenvalue weighted by Crippen LogP contribution is 2.24. The molecule has 6 heteroatoms. The fraction of sp³-hybridized carbons (Fsp3) is 0.471. The van der Waals surface area contributed by atoms with E-state index in [4.69, 9.17) is 0 Å². The van der Waals surface area contributed by atoms with Gasteiger partial charge in [0.2, 0.25) is 15.9 Å². The van der Waals surface area contributed by atoms with Crippen LogP contribution in [0.15, 0.2) is 41.3 Å². The zero-order chi connectivity index (χ0) is 16.3. The lowest BCUT2D eigenvalue weighted by Gasteiger charge is -2.16. The molecule has 1 aromatic rings. The van der Waals surface area contributed by atoms with E-state index in [0.717, 1.165) is 25.7 Å². The average Bonchev–Trinajstić information content (AvgIpc) is 3.20. The van der Waals surface area contributed by atoms with Crippen LogP contribution in [-0.2, 0) is 14.8 Å². The van der Waals surface area contributed by atoms with E-state index in [1.165, 1.54) is 4.31 Å². The molecule has 1 aromatic carbocycles. The average molecular weight is 334 g/mol. The van der Waals surface area contributed by atoms with Crippen LogP contribution in [0.4, 0.5) is 5.69 Å². The number of sulfonamides is 1. The van der Waals surface area contributed by atoms with Gasteiger partial charge in [0.1, 0.15) is 0 Å². The molecule has 0 spiro atoms. The normalized spacial score (nSPS) is 21.7. The summed E-state index contributed by atoms with van der Waals surface area (Å²) < 4.78 is 26.6. The zero-order valence-electron chi connectivity index (χ0n) is 13.1. The summed E-state index contributed by atoms with van der Waals surface area (Å²) in [5.74, 6) is 0.226. The van der Waals surface area contributed by atoms with Gasteiger partial charge in [0.05, 0.1) is 4.90 Å². The molecular formula is C17H22N2O3S. The maximum atomic E-state index is 12.6. The first-order chi connectivity index (χ1) is 11.1. The number of carbonyl (C=O) groups is 1. The number of hydrogen-bond acceptors (Lipinski definition) is 3. The summed E-state index contributed by atoms with van der Waals surface area (Å²) in [6, 6.07) is 6.54. The first-order valence-corrected chi connectivity index (χ1v) is 9.56. The molecule has 1 N–H and O–H groups in total. The Morgan fingerprint density at radius 2 is 2.04 bits per heavy atom. The highest BCUT2D eigenvalue weighted by atomic mass is 32.2. The van der Waals surface area contributed by atoms with Crippen LogP contribution in [0.2, 0.25) is 0 Å². The van der Waals surface area contributed by atoms with Crippen LogP contribution >= 0.6 is 0 Å². The molecule has 0 radical (unpaired) electrons. The number of rotatable bonds is 5. The SMILES string of the molecule is O=C(C[C@H]1C=CCC1)Nc1cccc(S(=O)(=O)N2CCCC2)c1. The second-order valence-electron chi connectivity index (χ2n) is 6.16. The van der Waals surface area contributed by atoms with Gasteiger partial charge in [0.25, 0.3) is 0 Å². The molecule has 0 bridgehead atoms. The van der Waals surface area contributed by atoms with Crippen LogP contribution in [0, 0.1) is 5.92 Å². The van der Waals surface area contributed by atoms with Gasteiger partial charge in [-0.25, -0.2) is 8.42 Å². The van der Waals surface area contributed by atoms with Crippen LogP contribution in [0.25, 0.3) is 0 Å². The van der Waals surface area contributed by atoms with E-state index in [1.54, 1.807) is 24.3 Å². The van der Waals surface area contributed by atoms with Gasteiger partial charge in [-0.3, -0.25) is 4.79 Å². The lowest BCUT2D eigenvalue weighted by Crippen LogP contribution is -2.28. The van der Waals surface area contributed by atoms with Gasteiger partial charge < -0.3 is 5.32 Å². The standard InChI is InChI=1S/C17H22N2O3S/c20-17(12-14-6-1-2-7-14)18-15-8-5-9-16(13-15)23(21,22)19-10-3-4-11-19/h1,5-6,8-9,13-14H,2-4,7,10-12H2,(H,18,20)/t14-/m0/s1. The summed E-state index contributed by atoms with van der Waals surface area (Å²) in [6.07, 6.45) is 8.47. The van der Waals surface area contributed by atoms with E-state index in [1.807, 2.05) is 0 Å². The summed E-state index contributed by atoms with van der Waals surface area (Å²) in [5, 5.41) is 2.82. The van der Waals surface area contributed by atoms with Crippen molar-refractivity contribution in [1.82, 2.24) is 4.31 Å². The fourth-order valence-corrected chi connectivity index (χ4v) is 4.69. The molecule has 1 saturated heterocycles. The smallest absolute Gasteiger partial charge is 0.243 e. The lowest BCUT2D eigenvalue weighted by molar-refractivity contribution is -0.116. The first kappa shape index (κ1) is 16.2. The molecule has 3 rings (SSSR count). The van der Waals surface area contributed by atoms with E-state index >= 15 is 0 Å². The summed E-state index contributed by atoms with van der Waals surface area (Å²) in [4.78, 5) is 12.3. The van der Waals surface area contributed by atoms with Crippen molar-refractivity contribution < 1.29 is 13.2 Å². The molecule has 124 valence electrons. The fourth-order valence-electron chi connectivity index (χ4n) is 3.13. The van der Waals surface area contributed by atoms with E-state index in [2.05, 4.69) is 17.5 Å². The lowest BCUT2D eigenvalue weighted by atomic mass is 10.1. The number of amides is 1. The maximum Gasteiger partial charge on any atom is 0.243 e. The number of allylic oxidation sites excluding steroid dienone is 2. The Bertz CT molecular complexity index is 706. The first-order valence-electron chi connectivity index (χ1n) is 8.12. The molecule has 2 aliphatic rings. The molecule has 1 atom stereocenters. The molecule has 0 saturated carbocycles. The Morgan fingerprint density at radius 1 is 1.26 bits per heavy atom. The van der Waals surface area contributed by atoms with E-state index in [-0.39, 0.29) is 10.8 Å². The zero-order valence-corrected chi connectivity index (χ0v) is 13.9. The molecule has 0 aromatic heterocycles. The summed E-state index contributed by atoms with van der Waals surface area (Å²) in [6.45, 7) is 1.15. The van der Waals surface area contributed by atoms with Gasteiger partial charge in [0.15, 0.2) is 0 Å². The summed E-state index contributed by atoms with van der Waals surface area (Å²) >= 11 is 0. The predicted octanol–water partition coefficient (Wildman–Crippen LogP) is 2.77. The highest BCUT2D eigenvalue weighted by Gasteiger charge is 2.27. The Balaban J connectivity index is 1.69. The van der Waals surface area contributed by atoms with Gasteiger partial charge in [-0.1, -0.05) is 18.2 Å². The van der Waals surface area contributed by atoms with Crippen LogP contribution < -0.4 is 5.32 Å². The Hall–Kier alpha value is -1.66. The molecule has 1 heterocycles. The molecular weight excluding hydrogens is 312 g/mol. The Labute approximate surface area is 137 Å². The highest BCUT2D eigenvalue weighted by molar-refractivity contribution is 7.89. The van der Waals surface area contributed by atoms with Crippen molar-refractivity contribution in [3.05, 3.63) is 36.4 Å². The van der Waals surface area contributed by atoms with Crippen molar-refractivity contribution in [3.8, 4) is 0 Å². The number of nitrogens with zero attached hydrogens (tertiary/aromatic N) is 1. The van der Waals surface area contributed by atoms with Crippen molar-refractivity contribution >= 4 is 21.6 Å². The van der Waals surface area contributed by atoms with Crippen molar-refractivity contribution in [2.24, 2.45) is 5.92 Å². The quantitative estimate of drug-likeness (QED) is 0.842. The van der Waals surface area contributed by atoms with Gasteiger partial charge in [-0.15, -0.1) is 0 Å². The number of hydrogen-bond donors (Lipinski definition) is 1. The Morgan fingerprint density at radius 3 is 2.74 bits per heavy atom. The topological polar surface area (TPSA) is 66.5 Å². The molecule has 1 aliphatic carbocycles. The molecule has 23 heavy (non-hydrogen) atoms. The monoisotopic (exact) mass is 334 g/mol. The molecule has 1 fully saturated rings. The minimum atomic E-state index is -3.45. The van der Waals surface area contributed by atoms with Crippen LogP contribution in [-0.4, -0.2) is 31.7 Å². The molecule has 0 unspecified atom stereocenters. The minimum absolute atomic E-state index is 0.0720. The summed E-state index contributed by atoms with van der Waals surface area (Å²) in [5.41, 5.74) is 0.539. The third-order valence-corrected chi connectivity index (χ3v) is 6.28. The second kappa shape index (κ2) is 6.84. The predicted molar refractivity (Wildman–Crippen MR) is 89.5 cm³/mol. The van der Waals surface area contributed by atoms with E-state index in [9.17, 15) is 13.2 Å². The van der Waals surface area contributed by atoms with Gasteiger partial charge in [-0.2, -0.15) is 4.31 Å². The third-order valence-electron chi connectivity index (χ3n) is 4.38. The minimum Gasteiger partial charge on any atom is -0.326 e. The second-order valence-corrected chi connectivity index (χ2v) is 8.09. The largest absolute Gasteiger partial charge is 0.326 e. The van der Waals surface area contributed by atoms with Gasteiger partial charge >= 0.3 is 0 Å². The number of benzene rings is 1. The van der Waals surface area contributed by atoms with Crippen LogP contribution in [0.5, 0.6) is 0 Å².